The van der Waals surface area contributed by atoms with Crippen molar-refractivity contribution in [2.75, 3.05) is 13.2 Å². The zero-order valence-electron chi connectivity index (χ0n) is 11.1. The van der Waals surface area contributed by atoms with E-state index in [-0.39, 0.29) is 19.1 Å². The number of carbonyl (C=O) groups excluding carboxylic acids is 1. The number of nitrogens with one attached hydrogen (secondary N) is 1. The molecule has 1 atom stereocenters. The summed E-state index contributed by atoms with van der Waals surface area (Å²) in [6.07, 6.45) is 0.559. The van der Waals surface area contributed by atoms with Crippen LogP contribution in [0, 0.1) is 11.3 Å². The van der Waals surface area contributed by atoms with Crippen molar-refractivity contribution in [3.05, 3.63) is 29.8 Å². The van der Waals surface area contributed by atoms with Gasteiger partial charge < -0.3 is 15.2 Å². The van der Waals surface area contributed by atoms with Crippen LogP contribution in [-0.4, -0.2) is 29.8 Å². The molecule has 5 nitrogen and oxygen atoms in total. The third-order valence-electron chi connectivity index (χ3n) is 2.78. The van der Waals surface area contributed by atoms with E-state index in [9.17, 15) is 9.90 Å². The Hall–Kier alpha value is -2.06. The Kier molecular flexibility index (Phi) is 5.34. The van der Waals surface area contributed by atoms with Gasteiger partial charge in [0.25, 0.3) is 5.91 Å². The Morgan fingerprint density at radius 2 is 2.11 bits per heavy atom. The summed E-state index contributed by atoms with van der Waals surface area (Å²) in [6, 6.07) is 8.51. The van der Waals surface area contributed by atoms with E-state index in [4.69, 9.17) is 10.00 Å². The van der Waals surface area contributed by atoms with Crippen molar-refractivity contribution < 1.29 is 14.6 Å². The molecule has 2 N–H and O–H groups in total. The highest BCUT2D eigenvalue weighted by Crippen LogP contribution is 2.11. The molecule has 102 valence electrons. The van der Waals surface area contributed by atoms with Gasteiger partial charge in [-0.05, 0) is 37.6 Å². The molecule has 1 aromatic carbocycles. The van der Waals surface area contributed by atoms with Crippen molar-refractivity contribution in [2.24, 2.45) is 0 Å². The molecule has 1 unspecified atom stereocenters. The van der Waals surface area contributed by atoms with E-state index in [0.29, 0.717) is 17.7 Å². The maximum Gasteiger partial charge on any atom is 0.258 e. The first kappa shape index (κ1) is 15.0. The minimum absolute atomic E-state index is 0.119. The molecule has 0 saturated carbocycles. The highest BCUT2D eigenvalue weighted by Gasteiger charge is 2.18. The Morgan fingerprint density at radius 1 is 1.47 bits per heavy atom. The molecule has 0 bridgehead atoms. The summed E-state index contributed by atoms with van der Waals surface area (Å²) < 4.78 is 5.26. The molecule has 5 heteroatoms. The third-order valence-corrected chi connectivity index (χ3v) is 2.78. The lowest BCUT2D eigenvalue weighted by Gasteiger charge is -2.21. The summed E-state index contributed by atoms with van der Waals surface area (Å²) in [5.74, 6) is 0.231. The standard InChI is InChI=1S/C14H18N2O3/c1-3-14(2,18)10-16-13(17)9-19-12-6-4-11(8-15)5-7-12/h4-7,18H,3,9-10H2,1-2H3,(H,16,17). The van der Waals surface area contributed by atoms with Gasteiger partial charge in [-0.3, -0.25) is 4.79 Å². The topological polar surface area (TPSA) is 82.3 Å². The molecular formula is C14H18N2O3. The first-order valence-electron chi connectivity index (χ1n) is 6.09. The van der Waals surface area contributed by atoms with Crippen LogP contribution in [0.25, 0.3) is 0 Å². The summed E-state index contributed by atoms with van der Waals surface area (Å²) >= 11 is 0. The fourth-order valence-electron chi connectivity index (χ4n) is 1.24. The van der Waals surface area contributed by atoms with Crippen molar-refractivity contribution in [2.45, 2.75) is 25.9 Å². The average molecular weight is 262 g/mol. The van der Waals surface area contributed by atoms with Crippen LogP contribution in [0.2, 0.25) is 0 Å². The molecule has 1 aromatic rings. The number of nitriles is 1. The fraction of sp³-hybridized carbons (Fsp3) is 0.429. The quantitative estimate of drug-likeness (QED) is 0.807. The number of ether oxygens (including phenoxy) is 1. The highest BCUT2D eigenvalue weighted by molar-refractivity contribution is 5.77. The number of rotatable bonds is 6. The van der Waals surface area contributed by atoms with Gasteiger partial charge in [0.2, 0.25) is 0 Å². The summed E-state index contributed by atoms with van der Waals surface area (Å²) in [5.41, 5.74) is -0.361. The van der Waals surface area contributed by atoms with Gasteiger partial charge in [0, 0.05) is 6.54 Å². The minimum atomic E-state index is -0.899. The van der Waals surface area contributed by atoms with Crippen LogP contribution in [0.15, 0.2) is 24.3 Å². The lowest BCUT2D eigenvalue weighted by Crippen LogP contribution is -2.41. The normalized spacial score (nSPS) is 13.2. The van der Waals surface area contributed by atoms with Gasteiger partial charge in [-0.25, -0.2) is 0 Å². The second-order valence-electron chi connectivity index (χ2n) is 4.55. The van der Waals surface area contributed by atoms with Crippen LogP contribution < -0.4 is 10.1 Å². The van der Waals surface area contributed by atoms with E-state index in [1.807, 2.05) is 13.0 Å². The molecular weight excluding hydrogens is 244 g/mol. The van der Waals surface area contributed by atoms with Crippen molar-refractivity contribution in [3.8, 4) is 11.8 Å². The zero-order chi connectivity index (χ0) is 14.3. The van der Waals surface area contributed by atoms with E-state index in [2.05, 4.69) is 5.32 Å². The Labute approximate surface area is 112 Å². The summed E-state index contributed by atoms with van der Waals surface area (Å²) in [5, 5.41) is 21.0. The van der Waals surface area contributed by atoms with Gasteiger partial charge in [0.05, 0.1) is 17.2 Å². The summed E-state index contributed by atoms with van der Waals surface area (Å²) in [4.78, 5) is 11.5. The van der Waals surface area contributed by atoms with Crippen LogP contribution in [0.3, 0.4) is 0 Å². The molecule has 0 aliphatic carbocycles. The second kappa shape index (κ2) is 6.76. The predicted octanol–water partition coefficient (Wildman–Crippen LogP) is 1.21. The fourth-order valence-corrected chi connectivity index (χ4v) is 1.24. The number of aliphatic hydroxyl groups is 1. The molecule has 0 aliphatic heterocycles. The summed E-state index contributed by atoms with van der Waals surface area (Å²) in [7, 11) is 0. The molecule has 0 aliphatic rings. The lowest BCUT2D eigenvalue weighted by atomic mass is 10.0. The van der Waals surface area contributed by atoms with Crippen LogP contribution in [0.1, 0.15) is 25.8 Å². The first-order valence-corrected chi connectivity index (χ1v) is 6.09. The molecule has 0 aromatic heterocycles. The van der Waals surface area contributed by atoms with Crippen LogP contribution in [-0.2, 0) is 4.79 Å². The van der Waals surface area contributed by atoms with Gasteiger partial charge in [-0.15, -0.1) is 0 Å². The third kappa shape index (κ3) is 5.40. The van der Waals surface area contributed by atoms with E-state index < -0.39 is 5.60 Å². The number of amides is 1. The largest absolute Gasteiger partial charge is 0.484 e. The molecule has 0 fully saturated rings. The maximum atomic E-state index is 11.5. The van der Waals surface area contributed by atoms with Gasteiger partial charge in [0.1, 0.15) is 5.75 Å². The van der Waals surface area contributed by atoms with Crippen molar-refractivity contribution >= 4 is 5.91 Å². The number of carbonyl (C=O) groups is 1. The van der Waals surface area contributed by atoms with Crippen LogP contribution >= 0.6 is 0 Å². The number of hydrogen-bond donors (Lipinski definition) is 2. The molecule has 0 radical (unpaired) electrons. The van der Waals surface area contributed by atoms with Gasteiger partial charge in [-0.2, -0.15) is 5.26 Å². The second-order valence-corrected chi connectivity index (χ2v) is 4.55. The average Bonchev–Trinajstić information content (AvgIpc) is 2.43. The van der Waals surface area contributed by atoms with Crippen LogP contribution in [0.5, 0.6) is 5.75 Å². The van der Waals surface area contributed by atoms with Crippen molar-refractivity contribution in [1.82, 2.24) is 5.32 Å². The van der Waals surface area contributed by atoms with Crippen molar-refractivity contribution in [1.29, 1.82) is 5.26 Å². The van der Waals surface area contributed by atoms with E-state index >= 15 is 0 Å². The molecule has 0 spiro atoms. The Morgan fingerprint density at radius 3 is 2.63 bits per heavy atom. The van der Waals surface area contributed by atoms with Crippen molar-refractivity contribution in [3.63, 3.8) is 0 Å². The van der Waals surface area contributed by atoms with Gasteiger partial charge in [0.15, 0.2) is 6.61 Å². The molecule has 1 amide bonds. The smallest absolute Gasteiger partial charge is 0.258 e. The number of benzene rings is 1. The zero-order valence-corrected chi connectivity index (χ0v) is 11.1. The Balaban J connectivity index is 2.36. The SMILES string of the molecule is CCC(C)(O)CNC(=O)COc1ccc(C#N)cc1. The number of hydrogen-bond acceptors (Lipinski definition) is 4. The van der Waals surface area contributed by atoms with Crippen LogP contribution in [0.4, 0.5) is 0 Å². The molecule has 1 rings (SSSR count). The Bertz CT molecular complexity index is 461. The highest BCUT2D eigenvalue weighted by atomic mass is 16.5. The van der Waals surface area contributed by atoms with E-state index in [1.165, 1.54) is 0 Å². The molecule has 0 saturated heterocycles. The van der Waals surface area contributed by atoms with Gasteiger partial charge in [-0.1, -0.05) is 6.92 Å². The molecule has 0 heterocycles. The predicted molar refractivity (Wildman–Crippen MR) is 70.6 cm³/mol. The monoisotopic (exact) mass is 262 g/mol. The van der Waals surface area contributed by atoms with E-state index in [1.54, 1.807) is 31.2 Å². The first-order chi connectivity index (χ1) is 8.96. The lowest BCUT2D eigenvalue weighted by molar-refractivity contribution is -0.124. The molecule has 19 heavy (non-hydrogen) atoms. The maximum absolute atomic E-state index is 11.5. The van der Waals surface area contributed by atoms with Gasteiger partial charge >= 0.3 is 0 Å². The van der Waals surface area contributed by atoms with E-state index in [0.717, 1.165) is 0 Å². The number of nitrogens with zero attached hydrogens (tertiary/aromatic N) is 1. The summed E-state index contributed by atoms with van der Waals surface area (Å²) in [6.45, 7) is 3.58. The minimum Gasteiger partial charge on any atom is -0.484 e.